The smallest absolute Gasteiger partial charge is 0.293 e. The minimum atomic E-state index is -0.208. The van der Waals surface area contributed by atoms with E-state index in [1.807, 2.05) is 20.8 Å². The summed E-state index contributed by atoms with van der Waals surface area (Å²) in [4.78, 5) is 18.1. The molecule has 0 aliphatic rings. The van der Waals surface area contributed by atoms with Crippen LogP contribution < -0.4 is 10.3 Å². The Hall–Kier alpha value is -1.32. The lowest BCUT2D eigenvalue weighted by molar-refractivity contribution is 0.333. The Kier molecular flexibility index (Phi) is 3.06. The van der Waals surface area contributed by atoms with Crippen molar-refractivity contribution in [2.45, 2.75) is 26.7 Å². The molecule has 13 heavy (non-hydrogen) atoms. The molecule has 1 aromatic rings. The standard InChI is InChI=1S/C9H14N2O2/c1-4-13-7-5-10-8(6(2)3)11-9(7)12/h5-6H,4H2,1-3H3,(H,10,11,12). The molecule has 0 aliphatic carbocycles. The van der Waals surface area contributed by atoms with Crippen molar-refractivity contribution >= 4 is 0 Å². The fourth-order valence-corrected chi connectivity index (χ4v) is 0.949. The van der Waals surface area contributed by atoms with Gasteiger partial charge in [-0.15, -0.1) is 0 Å². The number of H-pyrrole nitrogens is 1. The molecule has 0 saturated heterocycles. The van der Waals surface area contributed by atoms with Crippen LogP contribution in [0, 0.1) is 0 Å². The van der Waals surface area contributed by atoms with Crippen LogP contribution in [0.2, 0.25) is 0 Å². The molecule has 0 fully saturated rings. The van der Waals surface area contributed by atoms with Crippen molar-refractivity contribution in [1.29, 1.82) is 0 Å². The number of rotatable bonds is 3. The molecule has 0 radical (unpaired) electrons. The van der Waals surface area contributed by atoms with Crippen LogP contribution in [-0.2, 0) is 0 Å². The van der Waals surface area contributed by atoms with Gasteiger partial charge in [-0.2, -0.15) is 0 Å². The van der Waals surface area contributed by atoms with E-state index in [2.05, 4.69) is 9.97 Å². The van der Waals surface area contributed by atoms with Gasteiger partial charge in [0.25, 0.3) is 5.56 Å². The molecule has 1 aromatic heterocycles. The fraction of sp³-hybridized carbons (Fsp3) is 0.556. The van der Waals surface area contributed by atoms with E-state index >= 15 is 0 Å². The molecule has 0 bridgehead atoms. The molecule has 4 nitrogen and oxygen atoms in total. The van der Waals surface area contributed by atoms with Crippen LogP contribution in [0.15, 0.2) is 11.0 Å². The third kappa shape index (κ3) is 2.31. The van der Waals surface area contributed by atoms with Gasteiger partial charge in [0.15, 0.2) is 0 Å². The van der Waals surface area contributed by atoms with E-state index in [-0.39, 0.29) is 17.2 Å². The second-order valence-electron chi connectivity index (χ2n) is 3.05. The van der Waals surface area contributed by atoms with Crippen LogP contribution in [0.1, 0.15) is 32.5 Å². The van der Waals surface area contributed by atoms with Gasteiger partial charge in [0.1, 0.15) is 5.82 Å². The number of hydrogen-bond donors (Lipinski definition) is 1. The first-order chi connectivity index (χ1) is 6.15. The van der Waals surface area contributed by atoms with Crippen molar-refractivity contribution in [2.24, 2.45) is 0 Å². The summed E-state index contributed by atoms with van der Waals surface area (Å²) >= 11 is 0. The summed E-state index contributed by atoms with van der Waals surface area (Å²) in [6, 6.07) is 0. The topological polar surface area (TPSA) is 55.0 Å². The third-order valence-electron chi connectivity index (χ3n) is 1.63. The van der Waals surface area contributed by atoms with Gasteiger partial charge in [0.2, 0.25) is 5.75 Å². The van der Waals surface area contributed by atoms with Gasteiger partial charge in [0, 0.05) is 5.92 Å². The molecule has 1 heterocycles. The zero-order chi connectivity index (χ0) is 9.84. The average Bonchev–Trinajstić information content (AvgIpc) is 2.08. The second-order valence-corrected chi connectivity index (χ2v) is 3.05. The van der Waals surface area contributed by atoms with Gasteiger partial charge in [-0.25, -0.2) is 4.98 Å². The number of hydrogen-bond acceptors (Lipinski definition) is 3. The molecule has 0 aliphatic heterocycles. The van der Waals surface area contributed by atoms with Crippen molar-refractivity contribution in [1.82, 2.24) is 9.97 Å². The summed E-state index contributed by atoms with van der Waals surface area (Å²) in [5.41, 5.74) is -0.208. The molecular formula is C9H14N2O2. The molecule has 0 spiro atoms. The summed E-state index contributed by atoms with van der Waals surface area (Å²) < 4.78 is 5.07. The van der Waals surface area contributed by atoms with Crippen LogP contribution in [0.4, 0.5) is 0 Å². The van der Waals surface area contributed by atoms with Gasteiger partial charge >= 0.3 is 0 Å². The zero-order valence-corrected chi connectivity index (χ0v) is 8.13. The molecule has 0 atom stereocenters. The van der Waals surface area contributed by atoms with Crippen LogP contribution in [0.5, 0.6) is 5.75 Å². The number of nitrogens with one attached hydrogen (secondary N) is 1. The Morgan fingerprint density at radius 2 is 2.31 bits per heavy atom. The summed E-state index contributed by atoms with van der Waals surface area (Å²) in [7, 11) is 0. The Balaban J connectivity index is 2.99. The predicted molar refractivity (Wildman–Crippen MR) is 50.1 cm³/mol. The Morgan fingerprint density at radius 3 is 2.77 bits per heavy atom. The number of ether oxygens (including phenoxy) is 1. The summed E-state index contributed by atoms with van der Waals surface area (Å²) in [6.45, 7) is 6.25. The molecule has 72 valence electrons. The van der Waals surface area contributed by atoms with E-state index in [9.17, 15) is 4.79 Å². The average molecular weight is 182 g/mol. The van der Waals surface area contributed by atoms with E-state index in [0.29, 0.717) is 12.4 Å². The van der Waals surface area contributed by atoms with Gasteiger partial charge in [0.05, 0.1) is 12.8 Å². The molecule has 4 heteroatoms. The Bertz CT molecular complexity index is 331. The molecule has 0 amide bonds. The number of aromatic nitrogens is 2. The molecule has 1 rings (SSSR count). The fourth-order valence-electron chi connectivity index (χ4n) is 0.949. The van der Waals surface area contributed by atoms with E-state index in [4.69, 9.17) is 4.74 Å². The van der Waals surface area contributed by atoms with Crippen LogP contribution >= 0.6 is 0 Å². The molecule has 1 N–H and O–H groups in total. The van der Waals surface area contributed by atoms with Crippen molar-refractivity contribution < 1.29 is 4.74 Å². The Morgan fingerprint density at radius 1 is 1.62 bits per heavy atom. The van der Waals surface area contributed by atoms with Gasteiger partial charge in [-0.05, 0) is 6.92 Å². The molecule has 0 saturated carbocycles. The van der Waals surface area contributed by atoms with Crippen molar-refractivity contribution in [3.63, 3.8) is 0 Å². The lowest BCUT2D eigenvalue weighted by atomic mass is 10.2. The maximum absolute atomic E-state index is 11.3. The number of nitrogens with zero attached hydrogens (tertiary/aromatic N) is 1. The Labute approximate surface area is 77.0 Å². The first-order valence-electron chi connectivity index (χ1n) is 4.37. The normalized spacial score (nSPS) is 10.5. The SMILES string of the molecule is CCOc1cnc(C(C)C)[nH]c1=O. The zero-order valence-electron chi connectivity index (χ0n) is 8.13. The van der Waals surface area contributed by atoms with E-state index in [1.165, 1.54) is 6.20 Å². The first-order valence-corrected chi connectivity index (χ1v) is 4.37. The van der Waals surface area contributed by atoms with Crippen LogP contribution in [0.25, 0.3) is 0 Å². The van der Waals surface area contributed by atoms with E-state index < -0.39 is 0 Å². The third-order valence-corrected chi connectivity index (χ3v) is 1.63. The van der Waals surface area contributed by atoms with Crippen LogP contribution in [-0.4, -0.2) is 16.6 Å². The summed E-state index contributed by atoms with van der Waals surface area (Å²) in [5.74, 6) is 1.20. The first kappa shape index (κ1) is 9.77. The van der Waals surface area contributed by atoms with Crippen molar-refractivity contribution in [2.75, 3.05) is 6.61 Å². The highest BCUT2D eigenvalue weighted by molar-refractivity contribution is 5.13. The van der Waals surface area contributed by atoms with Crippen LogP contribution in [0.3, 0.4) is 0 Å². The lowest BCUT2D eigenvalue weighted by Crippen LogP contribution is -2.15. The highest BCUT2D eigenvalue weighted by Crippen LogP contribution is 2.07. The van der Waals surface area contributed by atoms with E-state index in [1.54, 1.807) is 0 Å². The number of aromatic amines is 1. The minimum absolute atomic E-state index is 0.208. The predicted octanol–water partition coefficient (Wildman–Crippen LogP) is 1.29. The highest BCUT2D eigenvalue weighted by atomic mass is 16.5. The summed E-state index contributed by atoms with van der Waals surface area (Å²) in [6.07, 6.45) is 1.47. The molecular weight excluding hydrogens is 168 g/mol. The second kappa shape index (κ2) is 4.07. The van der Waals surface area contributed by atoms with Crippen molar-refractivity contribution in [3.8, 4) is 5.75 Å². The van der Waals surface area contributed by atoms with Gasteiger partial charge < -0.3 is 9.72 Å². The monoisotopic (exact) mass is 182 g/mol. The van der Waals surface area contributed by atoms with Crippen molar-refractivity contribution in [3.05, 3.63) is 22.4 Å². The lowest BCUT2D eigenvalue weighted by Gasteiger charge is -2.05. The largest absolute Gasteiger partial charge is 0.487 e. The summed E-state index contributed by atoms with van der Waals surface area (Å²) in [5, 5.41) is 0. The minimum Gasteiger partial charge on any atom is -0.487 e. The quantitative estimate of drug-likeness (QED) is 0.766. The van der Waals surface area contributed by atoms with E-state index in [0.717, 1.165) is 0 Å². The molecule has 0 unspecified atom stereocenters. The highest BCUT2D eigenvalue weighted by Gasteiger charge is 2.05. The molecule has 0 aromatic carbocycles. The maximum Gasteiger partial charge on any atom is 0.293 e. The maximum atomic E-state index is 11.3. The van der Waals surface area contributed by atoms with Gasteiger partial charge in [-0.3, -0.25) is 4.79 Å². The van der Waals surface area contributed by atoms with Gasteiger partial charge in [-0.1, -0.05) is 13.8 Å².